The lowest BCUT2D eigenvalue weighted by molar-refractivity contribution is -0.136. The van der Waals surface area contributed by atoms with Crippen molar-refractivity contribution in [2.24, 2.45) is 0 Å². The molecule has 1 aliphatic heterocycles. The number of allylic oxidation sites excluding steroid dienone is 2. The number of ether oxygens (including phenoxy) is 1. The quantitative estimate of drug-likeness (QED) is 0.649. The molecule has 2 aromatic carbocycles. The number of esters is 1. The van der Waals surface area contributed by atoms with Gasteiger partial charge in [-0.25, -0.2) is 4.79 Å². The highest BCUT2D eigenvalue weighted by atomic mass is 16.5. The van der Waals surface area contributed by atoms with E-state index in [1.165, 1.54) is 7.11 Å². The molecule has 29 heavy (non-hydrogen) atoms. The number of fused-ring (bicyclic) bond motifs is 3. The first-order valence-electron chi connectivity index (χ1n) is 9.54. The highest BCUT2D eigenvalue weighted by Gasteiger charge is 2.44. The number of benzene rings is 2. The van der Waals surface area contributed by atoms with Crippen LogP contribution in [0.25, 0.3) is 16.6 Å². The Morgan fingerprint density at radius 2 is 1.69 bits per heavy atom. The summed E-state index contributed by atoms with van der Waals surface area (Å²) >= 11 is 0. The number of methoxy groups -OCH3 is 1. The summed E-state index contributed by atoms with van der Waals surface area (Å²) in [6.07, 6.45) is 0. The van der Waals surface area contributed by atoms with Crippen LogP contribution in [-0.4, -0.2) is 23.8 Å². The molecular formula is C24H20N2O3. The number of para-hydroxylation sites is 1. The normalized spacial score (nSPS) is 18.0. The first kappa shape index (κ1) is 17.5. The van der Waals surface area contributed by atoms with Gasteiger partial charge < -0.3 is 15.0 Å². The van der Waals surface area contributed by atoms with Crippen molar-refractivity contribution < 1.29 is 14.3 Å². The average molecular weight is 384 g/mol. The standard InChI is InChI=1S/C24H20N2O3/c1-12-18(16-10-6-7-11-17(16)25-12)20-19(24(28)29-3)13(2)26-22-14-8-4-5-9-15(14)23(27)21(20)22/h4-11,20,25-26H,1-3H3/t20-/m1/s1. The summed E-state index contributed by atoms with van der Waals surface area (Å²) in [7, 11) is 1.37. The summed E-state index contributed by atoms with van der Waals surface area (Å²) in [5, 5.41) is 4.32. The molecule has 5 heteroatoms. The zero-order chi connectivity index (χ0) is 20.3. The molecule has 0 saturated carbocycles. The predicted molar refractivity (Wildman–Crippen MR) is 111 cm³/mol. The minimum atomic E-state index is -0.505. The van der Waals surface area contributed by atoms with Gasteiger partial charge in [0, 0.05) is 39.0 Å². The largest absolute Gasteiger partial charge is 0.466 e. The second-order valence-corrected chi connectivity index (χ2v) is 7.46. The minimum absolute atomic E-state index is 0.0494. The van der Waals surface area contributed by atoms with Crippen molar-refractivity contribution in [3.8, 4) is 0 Å². The number of aromatic amines is 1. The molecule has 5 nitrogen and oxygen atoms in total. The fourth-order valence-corrected chi connectivity index (χ4v) is 4.67. The van der Waals surface area contributed by atoms with Gasteiger partial charge in [-0.05, 0) is 25.5 Å². The number of carbonyl (C=O) groups excluding carboxylic acids is 2. The number of aryl methyl sites for hydroxylation is 1. The van der Waals surface area contributed by atoms with E-state index in [2.05, 4.69) is 10.3 Å². The topological polar surface area (TPSA) is 71.2 Å². The number of dihydropyridines is 1. The maximum Gasteiger partial charge on any atom is 0.336 e. The fraction of sp³-hybridized carbons (Fsp3) is 0.167. The van der Waals surface area contributed by atoms with Crippen molar-refractivity contribution in [3.05, 3.63) is 87.8 Å². The fourth-order valence-electron chi connectivity index (χ4n) is 4.67. The van der Waals surface area contributed by atoms with Gasteiger partial charge in [-0.1, -0.05) is 42.5 Å². The molecule has 0 saturated heterocycles. The van der Waals surface area contributed by atoms with E-state index in [0.29, 0.717) is 22.4 Å². The highest BCUT2D eigenvalue weighted by molar-refractivity contribution is 6.23. The van der Waals surface area contributed by atoms with Crippen LogP contribution in [0.2, 0.25) is 0 Å². The zero-order valence-electron chi connectivity index (χ0n) is 16.4. The van der Waals surface area contributed by atoms with Crippen LogP contribution in [0.15, 0.2) is 65.4 Å². The number of aromatic nitrogens is 1. The van der Waals surface area contributed by atoms with Crippen LogP contribution in [0, 0.1) is 6.92 Å². The number of hydrogen-bond donors (Lipinski definition) is 2. The number of ketones is 1. The van der Waals surface area contributed by atoms with Crippen LogP contribution in [0.4, 0.5) is 0 Å². The molecule has 3 aromatic rings. The van der Waals surface area contributed by atoms with E-state index >= 15 is 0 Å². The number of nitrogens with one attached hydrogen (secondary N) is 2. The monoisotopic (exact) mass is 384 g/mol. The number of Topliss-reactive ketones (excluding diaryl/α,β-unsaturated/α-hetero) is 1. The Morgan fingerprint density at radius 3 is 2.45 bits per heavy atom. The summed E-state index contributed by atoms with van der Waals surface area (Å²) in [5.41, 5.74) is 6.94. The number of rotatable bonds is 2. The molecule has 0 fully saturated rings. The lowest BCUT2D eigenvalue weighted by Crippen LogP contribution is -2.29. The van der Waals surface area contributed by atoms with E-state index in [0.717, 1.165) is 33.4 Å². The van der Waals surface area contributed by atoms with E-state index in [9.17, 15) is 9.59 Å². The van der Waals surface area contributed by atoms with Crippen LogP contribution < -0.4 is 5.32 Å². The van der Waals surface area contributed by atoms with E-state index in [4.69, 9.17) is 4.74 Å². The van der Waals surface area contributed by atoms with E-state index in [1.54, 1.807) is 0 Å². The summed E-state index contributed by atoms with van der Waals surface area (Å²) < 4.78 is 5.12. The Hall–Kier alpha value is -3.60. The molecule has 1 aromatic heterocycles. The van der Waals surface area contributed by atoms with Crippen LogP contribution >= 0.6 is 0 Å². The Labute approximate surface area is 168 Å². The van der Waals surface area contributed by atoms with E-state index in [-0.39, 0.29) is 5.78 Å². The van der Waals surface area contributed by atoms with Crippen molar-refractivity contribution in [3.63, 3.8) is 0 Å². The van der Waals surface area contributed by atoms with Gasteiger partial charge in [0.05, 0.1) is 24.3 Å². The van der Waals surface area contributed by atoms with Gasteiger partial charge in [0.2, 0.25) is 0 Å². The highest BCUT2D eigenvalue weighted by Crippen LogP contribution is 2.48. The summed E-state index contributed by atoms with van der Waals surface area (Å²) in [4.78, 5) is 29.7. The van der Waals surface area contributed by atoms with Crippen molar-refractivity contribution in [1.29, 1.82) is 0 Å². The Balaban J connectivity index is 1.84. The van der Waals surface area contributed by atoms with Crippen molar-refractivity contribution in [2.75, 3.05) is 7.11 Å². The predicted octanol–water partition coefficient (Wildman–Crippen LogP) is 4.22. The Kier molecular flexibility index (Phi) is 3.74. The van der Waals surface area contributed by atoms with Gasteiger partial charge in [0.15, 0.2) is 5.78 Å². The van der Waals surface area contributed by atoms with Gasteiger partial charge in [0.1, 0.15) is 0 Å². The smallest absolute Gasteiger partial charge is 0.336 e. The van der Waals surface area contributed by atoms with E-state index in [1.807, 2.05) is 62.4 Å². The third kappa shape index (κ3) is 2.34. The minimum Gasteiger partial charge on any atom is -0.466 e. The molecule has 0 amide bonds. The summed E-state index contributed by atoms with van der Waals surface area (Å²) in [6, 6.07) is 15.5. The van der Waals surface area contributed by atoms with Crippen molar-refractivity contribution in [1.82, 2.24) is 10.3 Å². The molecule has 0 spiro atoms. The molecule has 0 bridgehead atoms. The van der Waals surface area contributed by atoms with Gasteiger partial charge >= 0.3 is 5.97 Å². The third-order valence-corrected chi connectivity index (χ3v) is 5.89. The Morgan fingerprint density at radius 1 is 1.00 bits per heavy atom. The summed E-state index contributed by atoms with van der Waals surface area (Å²) in [5.74, 6) is -0.985. The molecule has 1 aliphatic carbocycles. The third-order valence-electron chi connectivity index (χ3n) is 5.89. The van der Waals surface area contributed by atoms with Crippen molar-refractivity contribution in [2.45, 2.75) is 19.8 Å². The second-order valence-electron chi connectivity index (χ2n) is 7.46. The summed E-state index contributed by atoms with van der Waals surface area (Å²) in [6.45, 7) is 3.84. The van der Waals surface area contributed by atoms with Gasteiger partial charge in [-0.2, -0.15) is 0 Å². The Bertz CT molecular complexity index is 1280. The number of carbonyl (C=O) groups is 2. The molecule has 0 radical (unpaired) electrons. The maximum absolute atomic E-state index is 13.5. The lowest BCUT2D eigenvalue weighted by Gasteiger charge is -2.29. The number of H-pyrrole nitrogens is 1. The molecule has 2 aliphatic rings. The van der Waals surface area contributed by atoms with E-state index < -0.39 is 11.9 Å². The zero-order valence-corrected chi connectivity index (χ0v) is 16.4. The van der Waals surface area contributed by atoms with Gasteiger partial charge in [-0.15, -0.1) is 0 Å². The van der Waals surface area contributed by atoms with Gasteiger partial charge in [-0.3, -0.25) is 4.79 Å². The number of hydrogen-bond acceptors (Lipinski definition) is 4. The molecule has 0 unspecified atom stereocenters. The second kappa shape index (κ2) is 6.21. The first-order chi connectivity index (χ1) is 14.0. The molecule has 2 N–H and O–H groups in total. The van der Waals surface area contributed by atoms with Crippen LogP contribution in [-0.2, 0) is 9.53 Å². The SMILES string of the molecule is COC(=O)C1=C(C)NC2=C(C(=O)c3ccccc32)[C@@H]1c1c(C)[nH]c2ccccc12. The molecule has 144 valence electrons. The first-order valence-corrected chi connectivity index (χ1v) is 9.54. The van der Waals surface area contributed by atoms with Crippen LogP contribution in [0.1, 0.15) is 40.0 Å². The maximum atomic E-state index is 13.5. The lowest BCUT2D eigenvalue weighted by atomic mass is 9.78. The average Bonchev–Trinajstić information content (AvgIpc) is 3.21. The molecular weight excluding hydrogens is 364 g/mol. The van der Waals surface area contributed by atoms with Gasteiger partial charge in [0.25, 0.3) is 0 Å². The molecule has 1 atom stereocenters. The van der Waals surface area contributed by atoms with Crippen LogP contribution in [0.3, 0.4) is 0 Å². The van der Waals surface area contributed by atoms with Crippen LogP contribution in [0.5, 0.6) is 0 Å². The molecule has 5 rings (SSSR count). The van der Waals surface area contributed by atoms with Crippen molar-refractivity contribution >= 4 is 28.4 Å². The molecule has 2 heterocycles.